The Bertz CT molecular complexity index is 999. The van der Waals surface area contributed by atoms with Gasteiger partial charge in [0.1, 0.15) is 11.3 Å². The summed E-state index contributed by atoms with van der Waals surface area (Å²) in [5, 5.41) is 15.8. The monoisotopic (exact) mass is 388 g/mol. The molecule has 2 N–H and O–H groups in total. The highest BCUT2D eigenvalue weighted by molar-refractivity contribution is 5.78. The molecule has 0 aliphatic rings. The summed E-state index contributed by atoms with van der Waals surface area (Å²) in [4.78, 5) is 33.2. The van der Waals surface area contributed by atoms with Crippen LogP contribution in [0.4, 0.5) is 0 Å². The lowest BCUT2D eigenvalue weighted by Crippen LogP contribution is -2.02. The van der Waals surface area contributed by atoms with E-state index in [4.69, 9.17) is 14.9 Å². The first-order chi connectivity index (χ1) is 13.3. The molecular weight excluding hydrogens is 364 g/mol. The number of rotatable bonds is 6. The predicted octanol–water partition coefficient (Wildman–Crippen LogP) is 2.79. The van der Waals surface area contributed by atoms with Crippen LogP contribution in [0.25, 0.3) is 16.7 Å². The van der Waals surface area contributed by atoms with Crippen LogP contribution in [0.3, 0.4) is 0 Å². The number of nitrogens with zero attached hydrogens (tertiary/aromatic N) is 4. The molecule has 3 rings (SSSR count). The summed E-state index contributed by atoms with van der Waals surface area (Å²) in [5.41, 5.74) is 4.73. The van der Waals surface area contributed by atoms with Gasteiger partial charge in [-0.1, -0.05) is 6.92 Å². The second-order valence-electron chi connectivity index (χ2n) is 6.23. The highest BCUT2D eigenvalue weighted by Crippen LogP contribution is 2.23. The van der Waals surface area contributed by atoms with Gasteiger partial charge in [0.2, 0.25) is 5.88 Å². The number of aryl methyl sites for hydroxylation is 3. The van der Waals surface area contributed by atoms with E-state index in [9.17, 15) is 9.59 Å². The quantitative estimate of drug-likeness (QED) is 0.660. The SMILES string of the molecule is CCCc1nc(C)c2c(C)nc3ccc(OC)nc3n12.O=C(O)CCC(=O)O. The van der Waals surface area contributed by atoms with E-state index >= 15 is 0 Å². The van der Waals surface area contributed by atoms with Crippen molar-refractivity contribution in [3.05, 3.63) is 29.3 Å². The molecule has 9 nitrogen and oxygen atoms in total. The fraction of sp³-hybridized carbons (Fsp3) is 0.421. The van der Waals surface area contributed by atoms with Crippen LogP contribution in [0, 0.1) is 13.8 Å². The first kappa shape index (κ1) is 21.1. The Morgan fingerprint density at radius 3 is 2.18 bits per heavy atom. The maximum atomic E-state index is 9.64. The molecule has 0 bridgehead atoms. The number of methoxy groups -OCH3 is 1. The van der Waals surface area contributed by atoms with Crippen LogP contribution in [0.1, 0.15) is 43.4 Å². The molecule has 9 heteroatoms. The predicted molar refractivity (Wildman–Crippen MR) is 103 cm³/mol. The minimum atomic E-state index is -1.08. The third-order valence-corrected chi connectivity index (χ3v) is 4.03. The normalized spacial score (nSPS) is 10.6. The van der Waals surface area contributed by atoms with Crippen LogP contribution < -0.4 is 4.74 Å². The van der Waals surface area contributed by atoms with Crippen molar-refractivity contribution in [1.82, 2.24) is 19.4 Å². The molecule has 0 saturated carbocycles. The summed E-state index contributed by atoms with van der Waals surface area (Å²) in [6.45, 7) is 6.19. The van der Waals surface area contributed by atoms with Gasteiger partial charge in [-0.3, -0.25) is 14.0 Å². The summed E-state index contributed by atoms with van der Waals surface area (Å²) in [7, 11) is 1.62. The summed E-state index contributed by atoms with van der Waals surface area (Å²) in [6.07, 6.45) is 1.38. The molecule has 3 heterocycles. The zero-order valence-corrected chi connectivity index (χ0v) is 16.4. The molecular formula is C19H24N4O5. The van der Waals surface area contributed by atoms with Gasteiger partial charge in [-0.25, -0.2) is 9.97 Å². The van der Waals surface area contributed by atoms with Crippen molar-refractivity contribution in [3.63, 3.8) is 0 Å². The number of fused-ring (bicyclic) bond motifs is 3. The molecule has 0 saturated heterocycles. The maximum Gasteiger partial charge on any atom is 0.303 e. The molecule has 150 valence electrons. The minimum absolute atomic E-state index is 0.296. The Hall–Kier alpha value is -3.23. The van der Waals surface area contributed by atoms with Crippen LogP contribution in [0.2, 0.25) is 0 Å². The Balaban J connectivity index is 0.000000300. The van der Waals surface area contributed by atoms with Crippen molar-refractivity contribution in [2.75, 3.05) is 7.11 Å². The lowest BCUT2D eigenvalue weighted by Gasteiger charge is -2.08. The van der Waals surface area contributed by atoms with Crippen LogP contribution in [0.15, 0.2) is 12.1 Å². The maximum absolute atomic E-state index is 9.64. The van der Waals surface area contributed by atoms with Crippen molar-refractivity contribution in [2.45, 2.75) is 46.5 Å². The molecule has 0 amide bonds. The second-order valence-corrected chi connectivity index (χ2v) is 6.23. The van der Waals surface area contributed by atoms with E-state index in [1.165, 1.54) is 0 Å². The average molecular weight is 388 g/mol. The smallest absolute Gasteiger partial charge is 0.303 e. The Labute approximate surface area is 162 Å². The molecule has 0 aliphatic carbocycles. The summed E-state index contributed by atoms with van der Waals surface area (Å²) in [6, 6.07) is 3.78. The van der Waals surface area contributed by atoms with E-state index in [0.29, 0.717) is 5.88 Å². The van der Waals surface area contributed by atoms with Gasteiger partial charge in [0.25, 0.3) is 0 Å². The molecule has 0 fully saturated rings. The lowest BCUT2D eigenvalue weighted by atomic mass is 10.3. The van der Waals surface area contributed by atoms with Crippen molar-refractivity contribution in [1.29, 1.82) is 0 Å². The topological polar surface area (TPSA) is 127 Å². The highest BCUT2D eigenvalue weighted by atomic mass is 16.5. The number of carboxylic acids is 2. The fourth-order valence-corrected chi connectivity index (χ4v) is 2.87. The van der Waals surface area contributed by atoms with Gasteiger partial charge in [0.15, 0.2) is 5.65 Å². The van der Waals surface area contributed by atoms with E-state index in [0.717, 1.165) is 46.7 Å². The van der Waals surface area contributed by atoms with Crippen LogP contribution in [0.5, 0.6) is 5.88 Å². The Morgan fingerprint density at radius 2 is 1.64 bits per heavy atom. The van der Waals surface area contributed by atoms with E-state index in [-0.39, 0.29) is 12.8 Å². The fourth-order valence-electron chi connectivity index (χ4n) is 2.87. The molecule has 0 aliphatic heterocycles. The molecule has 28 heavy (non-hydrogen) atoms. The zero-order chi connectivity index (χ0) is 20.8. The van der Waals surface area contributed by atoms with Crippen molar-refractivity contribution in [3.8, 4) is 5.88 Å². The standard InChI is InChI=1S/C15H18N4O.C4H6O4/c1-5-6-12-17-10(3)14-9(2)16-11-7-8-13(20-4)18-15(11)19(12)14;5-3(6)1-2-4(7)8/h7-8H,5-6H2,1-4H3;1-2H2,(H,5,6)(H,7,8). The van der Waals surface area contributed by atoms with Gasteiger partial charge in [-0.2, -0.15) is 4.98 Å². The number of carbonyl (C=O) groups is 2. The number of aliphatic carboxylic acids is 2. The van der Waals surface area contributed by atoms with Crippen molar-refractivity contribution in [2.24, 2.45) is 0 Å². The molecule has 0 unspecified atom stereocenters. The summed E-state index contributed by atoms with van der Waals surface area (Å²) >= 11 is 0. The zero-order valence-electron chi connectivity index (χ0n) is 16.4. The van der Waals surface area contributed by atoms with E-state index < -0.39 is 11.9 Å². The first-order valence-corrected chi connectivity index (χ1v) is 8.91. The Kier molecular flexibility index (Phi) is 6.86. The Morgan fingerprint density at radius 1 is 1.04 bits per heavy atom. The number of imidazole rings is 1. The van der Waals surface area contributed by atoms with E-state index in [2.05, 4.69) is 26.3 Å². The summed E-state index contributed by atoms with van der Waals surface area (Å²) in [5.74, 6) is -0.519. The van der Waals surface area contributed by atoms with E-state index in [1.807, 2.05) is 26.0 Å². The van der Waals surface area contributed by atoms with Crippen LogP contribution >= 0.6 is 0 Å². The molecule has 3 aromatic heterocycles. The first-order valence-electron chi connectivity index (χ1n) is 8.91. The number of carboxylic acid groups (broad SMARTS) is 2. The second kappa shape index (κ2) is 9.12. The minimum Gasteiger partial charge on any atom is -0.481 e. The number of ether oxygens (including phenoxy) is 1. The van der Waals surface area contributed by atoms with Gasteiger partial charge < -0.3 is 14.9 Å². The van der Waals surface area contributed by atoms with Crippen molar-refractivity contribution < 1.29 is 24.5 Å². The van der Waals surface area contributed by atoms with Crippen LogP contribution in [-0.2, 0) is 16.0 Å². The molecule has 3 aromatic rings. The number of aromatic nitrogens is 4. The number of hydrogen-bond acceptors (Lipinski definition) is 6. The average Bonchev–Trinajstić information content (AvgIpc) is 2.98. The van der Waals surface area contributed by atoms with Gasteiger partial charge >= 0.3 is 11.9 Å². The van der Waals surface area contributed by atoms with Gasteiger partial charge in [-0.05, 0) is 26.3 Å². The van der Waals surface area contributed by atoms with Gasteiger partial charge in [0, 0.05) is 12.5 Å². The molecule has 0 aromatic carbocycles. The molecule has 0 atom stereocenters. The highest BCUT2D eigenvalue weighted by Gasteiger charge is 2.15. The number of hydrogen-bond donors (Lipinski definition) is 2. The largest absolute Gasteiger partial charge is 0.481 e. The van der Waals surface area contributed by atoms with Gasteiger partial charge in [0.05, 0.1) is 36.9 Å². The third-order valence-electron chi connectivity index (χ3n) is 4.03. The van der Waals surface area contributed by atoms with Crippen LogP contribution in [-0.4, -0.2) is 48.6 Å². The summed E-state index contributed by atoms with van der Waals surface area (Å²) < 4.78 is 7.36. The molecule has 0 radical (unpaired) electrons. The van der Waals surface area contributed by atoms with Crippen molar-refractivity contribution >= 4 is 28.6 Å². The number of pyridine rings is 1. The third kappa shape index (κ3) is 4.73. The van der Waals surface area contributed by atoms with E-state index in [1.54, 1.807) is 7.11 Å². The lowest BCUT2D eigenvalue weighted by molar-refractivity contribution is -0.143. The molecule has 0 spiro atoms. The van der Waals surface area contributed by atoms with Gasteiger partial charge in [-0.15, -0.1) is 0 Å².